The Hall–Kier alpha value is -1.45. The summed E-state index contributed by atoms with van der Waals surface area (Å²) in [6.07, 6.45) is 6.75. The van der Waals surface area contributed by atoms with Gasteiger partial charge in [0.15, 0.2) is 0 Å². The Balaban J connectivity index is 2.31. The number of hydrogen-bond acceptors (Lipinski definition) is 3. The molecule has 0 N–H and O–H groups in total. The quantitative estimate of drug-likeness (QED) is 0.484. The van der Waals surface area contributed by atoms with Crippen molar-refractivity contribution in [2.24, 2.45) is 9.98 Å². The van der Waals surface area contributed by atoms with Crippen LogP contribution in [-0.2, 0) is 4.79 Å². The van der Waals surface area contributed by atoms with Crippen LogP contribution in [0.25, 0.3) is 0 Å². The highest BCUT2D eigenvalue weighted by Gasteiger charge is 2.23. The summed E-state index contributed by atoms with van der Waals surface area (Å²) < 4.78 is 0. The molecule has 2 heterocycles. The predicted molar refractivity (Wildman–Crippen MR) is 41.4 cm³/mol. The van der Waals surface area contributed by atoms with Crippen LogP contribution in [0.5, 0.6) is 0 Å². The third kappa shape index (κ3) is 0.960. The van der Waals surface area contributed by atoms with Crippen molar-refractivity contribution in [1.82, 2.24) is 4.90 Å². The Bertz CT molecular complexity index is 267. The molecule has 4 heteroatoms. The van der Waals surface area contributed by atoms with E-state index in [1.54, 1.807) is 24.7 Å². The van der Waals surface area contributed by atoms with Gasteiger partial charge in [0, 0.05) is 18.6 Å². The van der Waals surface area contributed by atoms with Crippen LogP contribution in [0.3, 0.4) is 0 Å². The van der Waals surface area contributed by atoms with Crippen LogP contribution in [0, 0.1) is 0 Å². The van der Waals surface area contributed by atoms with Gasteiger partial charge in [0.2, 0.25) is 12.2 Å². The largest absolute Gasteiger partial charge is 0.277 e. The van der Waals surface area contributed by atoms with Gasteiger partial charge in [-0.05, 0) is 6.08 Å². The SMILES string of the molecule is O=C1CC=NC2N=CC=CN12. The van der Waals surface area contributed by atoms with E-state index in [9.17, 15) is 4.79 Å². The van der Waals surface area contributed by atoms with Crippen molar-refractivity contribution < 1.29 is 4.79 Å². The van der Waals surface area contributed by atoms with Gasteiger partial charge >= 0.3 is 0 Å². The standard InChI is InChI=1S/C7H7N3O/c11-6-2-4-9-7-8-3-1-5-10(6)7/h1,3-5,7H,2H2. The van der Waals surface area contributed by atoms with Crippen LogP contribution < -0.4 is 0 Å². The third-order valence-electron chi connectivity index (χ3n) is 1.59. The molecule has 2 aliphatic rings. The second-order valence-corrected chi connectivity index (χ2v) is 2.32. The van der Waals surface area contributed by atoms with E-state index in [1.165, 1.54) is 4.90 Å². The van der Waals surface area contributed by atoms with Crippen LogP contribution in [-0.4, -0.2) is 29.5 Å². The molecular weight excluding hydrogens is 142 g/mol. The summed E-state index contributed by atoms with van der Waals surface area (Å²) in [5.41, 5.74) is 0. The molecule has 0 saturated carbocycles. The summed E-state index contributed by atoms with van der Waals surface area (Å²) >= 11 is 0. The van der Waals surface area contributed by atoms with Gasteiger partial charge in [-0.2, -0.15) is 0 Å². The molecule has 0 saturated heterocycles. The van der Waals surface area contributed by atoms with E-state index < -0.39 is 0 Å². The fourth-order valence-electron chi connectivity index (χ4n) is 1.06. The predicted octanol–water partition coefficient (Wildman–Crippen LogP) is 0.171. The first-order valence-corrected chi connectivity index (χ1v) is 3.41. The molecule has 0 aromatic heterocycles. The van der Waals surface area contributed by atoms with Gasteiger partial charge < -0.3 is 0 Å². The molecule has 0 aromatic carbocycles. The molecule has 0 fully saturated rings. The van der Waals surface area contributed by atoms with Crippen LogP contribution in [0.15, 0.2) is 22.3 Å². The van der Waals surface area contributed by atoms with Gasteiger partial charge in [-0.1, -0.05) is 0 Å². The highest BCUT2D eigenvalue weighted by molar-refractivity contribution is 5.93. The summed E-state index contributed by atoms with van der Waals surface area (Å²) in [6, 6.07) is 0. The lowest BCUT2D eigenvalue weighted by molar-refractivity contribution is -0.129. The number of hydrogen-bond donors (Lipinski definition) is 0. The number of amides is 1. The minimum atomic E-state index is -0.332. The summed E-state index contributed by atoms with van der Waals surface area (Å²) in [6.45, 7) is 0. The van der Waals surface area contributed by atoms with Gasteiger partial charge in [-0.25, -0.2) is 9.98 Å². The van der Waals surface area contributed by atoms with Gasteiger partial charge in [0.05, 0.1) is 6.42 Å². The zero-order valence-electron chi connectivity index (χ0n) is 5.84. The molecular formula is C7H7N3O. The number of carbonyl (C=O) groups is 1. The van der Waals surface area contributed by atoms with E-state index in [4.69, 9.17) is 0 Å². The van der Waals surface area contributed by atoms with E-state index in [-0.39, 0.29) is 12.2 Å². The second-order valence-electron chi connectivity index (χ2n) is 2.32. The number of fused-ring (bicyclic) bond motifs is 1. The molecule has 0 radical (unpaired) electrons. The smallest absolute Gasteiger partial charge is 0.235 e. The lowest BCUT2D eigenvalue weighted by Gasteiger charge is -2.26. The fraction of sp³-hybridized carbons (Fsp3) is 0.286. The number of rotatable bonds is 0. The number of carbonyl (C=O) groups excluding carboxylic acids is 1. The van der Waals surface area contributed by atoms with E-state index >= 15 is 0 Å². The molecule has 0 spiro atoms. The first-order valence-electron chi connectivity index (χ1n) is 3.41. The highest BCUT2D eigenvalue weighted by Crippen LogP contribution is 2.12. The lowest BCUT2D eigenvalue weighted by atomic mass is 10.3. The maximum atomic E-state index is 11.1. The van der Waals surface area contributed by atoms with Crippen molar-refractivity contribution in [1.29, 1.82) is 0 Å². The van der Waals surface area contributed by atoms with Crippen molar-refractivity contribution in [2.75, 3.05) is 0 Å². The first kappa shape index (κ1) is 6.27. The van der Waals surface area contributed by atoms with E-state index in [1.807, 2.05) is 0 Å². The van der Waals surface area contributed by atoms with Gasteiger partial charge in [-0.3, -0.25) is 9.69 Å². The van der Waals surface area contributed by atoms with E-state index in [0.717, 1.165) is 0 Å². The average molecular weight is 149 g/mol. The third-order valence-corrected chi connectivity index (χ3v) is 1.59. The molecule has 1 atom stereocenters. The van der Waals surface area contributed by atoms with Crippen LogP contribution in [0.4, 0.5) is 0 Å². The Labute approximate surface area is 63.9 Å². The molecule has 0 aromatic rings. The zero-order chi connectivity index (χ0) is 7.68. The maximum absolute atomic E-state index is 11.1. The van der Waals surface area contributed by atoms with Crippen LogP contribution >= 0.6 is 0 Å². The fourth-order valence-corrected chi connectivity index (χ4v) is 1.06. The molecule has 2 rings (SSSR count). The molecule has 0 aliphatic carbocycles. The van der Waals surface area contributed by atoms with Crippen LogP contribution in [0.1, 0.15) is 6.42 Å². The van der Waals surface area contributed by atoms with Crippen molar-refractivity contribution in [3.05, 3.63) is 12.3 Å². The van der Waals surface area contributed by atoms with E-state index in [2.05, 4.69) is 9.98 Å². The van der Waals surface area contributed by atoms with Crippen molar-refractivity contribution in [3.63, 3.8) is 0 Å². The van der Waals surface area contributed by atoms with Crippen molar-refractivity contribution >= 4 is 18.3 Å². The topological polar surface area (TPSA) is 45.0 Å². The number of allylic oxidation sites excluding steroid dienone is 1. The molecule has 56 valence electrons. The molecule has 1 amide bonds. The molecule has 0 bridgehead atoms. The van der Waals surface area contributed by atoms with Gasteiger partial charge in [0.25, 0.3) is 0 Å². The molecule has 1 unspecified atom stereocenters. The zero-order valence-corrected chi connectivity index (χ0v) is 5.84. The minimum absolute atomic E-state index is 0.0538. The summed E-state index contributed by atoms with van der Waals surface area (Å²) in [5, 5.41) is 0. The number of nitrogens with zero attached hydrogens (tertiary/aromatic N) is 3. The normalized spacial score (nSPS) is 27.5. The molecule has 11 heavy (non-hydrogen) atoms. The Kier molecular flexibility index (Phi) is 1.31. The van der Waals surface area contributed by atoms with Crippen molar-refractivity contribution in [3.8, 4) is 0 Å². The first-order chi connectivity index (χ1) is 5.38. The Morgan fingerprint density at radius 1 is 1.55 bits per heavy atom. The average Bonchev–Trinajstić information content (AvgIpc) is 2.06. The van der Waals surface area contributed by atoms with Crippen molar-refractivity contribution in [2.45, 2.75) is 12.7 Å². The summed E-state index contributed by atoms with van der Waals surface area (Å²) in [7, 11) is 0. The maximum Gasteiger partial charge on any atom is 0.235 e. The highest BCUT2D eigenvalue weighted by atomic mass is 16.2. The second kappa shape index (κ2) is 2.30. The summed E-state index contributed by atoms with van der Waals surface area (Å²) in [4.78, 5) is 20.7. The Morgan fingerprint density at radius 2 is 2.45 bits per heavy atom. The van der Waals surface area contributed by atoms with Crippen LogP contribution in [0.2, 0.25) is 0 Å². The lowest BCUT2D eigenvalue weighted by Crippen LogP contribution is -2.38. The Morgan fingerprint density at radius 3 is 3.27 bits per heavy atom. The number of aliphatic imine (C=N–C) groups is 2. The van der Waals surface area contributed by atoms with Gasteiger partial charge in [-0.15, -0.1) is 0 Å². The monoisotopic (exact) mass is 149 g/mol. The molecule has 2 aliphatic heterocycles. The van der Waals surface area contributed by atoms with E-state index in [0.29, 0.717) is 6.42 Å². The minimum Gasteiger partial charge on any atom is -0.277 e. The summed E-state index contributed by atoms with van der Waals surface area (Å²) in [5.74, 6) is 0.0538. The molecule has 4 nitrogen and oxygen atoms in total. The van der Waals surface area contributed by atoms with Gasteiger partial charge in [0.1, 0.15) is 0 Å².